The van der Waals surface area contributed by atoms with E-state index in [1.165, 1.54) is 6.07 Å². The monoisotopic (exact) mass is 337 g/mol. The molecule has 1 aromatic carbocycles. The van der Waals surface area contributed by atoms with Crippen LogP contribution < -0.4 is 9.64 Å². The lowest BCUT2D eigenvalue weighted by Gasteiger charge is -2.18. The van der Waals surface area contributed by atoms with Crippen molar-refractivity contribution in [1.82, 2.24) is 19.8 Å². The number of fused-ring (bicyclic) bond motifs is 1. The first-order valence-electron chi connectivity index (χ1n) is 7.02. The van der Waals surface area contributed by atoms with Gasteiger partial charge in [0, 0.05) is 13.6 Å². The summed E-state index contributed by atoms with van der Waals surface area (Å²) in [6, 6.07) is 10.5. The number of halogens is 3. The van der Waals surface area contributed by atoms with Gasteiger partial charge in [-0.15, -0.1) is 15.3 Å². The molecule has 0 saturated carbocycles. The van der Waals surface area contributed by atoms with Crippen molar-refractivity contribution in [3.05, 3.63) is 47.8 Å². The van der Waals surface area contributed by atoms with Gasteiger partial charge in [-0.2, -0.15) is 17.7 Å². The zero-order chi connectivity index (χ0) is 17.3. The lowest BCUT2D eigenvalue weighted by molar-refractivity contribution is -0.146. The molecule has 0 N–H and O–H groups in total. The van der Waals surface area contributed by atoms with Crippen LogP contribution in [0.5, 0.6) is 5.75 Å². The summed E-state index contributed by atoms with van der Waals surface area (Å²) in [5, 5.41) is 10.7. The third-order valence-corrected chi connectivity index (χ3v) is 3.45. The molecule has 0 aliphatic rings. The highest BCUT2D eigenvalue weighted by Gasteiger charge is 2.37. The Hall–Kier alpha value is -2.84. The van der Waals surface area contributed by atoms with Crippen LogP contribution in [0.3, 0.4) is 0 Å². The Bertz CT molecular complexity index is 862. The van der Waals surface area contributed by atoms with Gasteiger partial charge >= 0.3 is 6.18 Å². The number of nitrogens with zero attached hydrogens (tertiary/aromatic N) is 5. The van der Waals surface area contributed by atoms with Crippen LogP contribution >= 0.6 is 0 Å². The minimum absolute atomic E-state index is 0.0425. The molecule has 24 heavy (non-hydrogen) atoms. The molecule has 0 fully saturated rings. The summed E-state index contributed by atoms with van der Waals surface area (Å²) in [5.74, 6) is -0.0628. The Morgan fingerprint density at radius 2 is 1.96 bits per heavy atom. The number of alkyl halides is 3. The van der Waals surface area contributed by atoms with Crippen LogP contribution in [0, 0.1) is 0 Å². The predicted octanol–water partition coefficient (Wildman–Crippen LogP) is 2.79. The van der Waals surface area contributed by atoms with E-state index in [9.17, 15) is 13.2 Å². The summed E-state index contributed by atoms with van der Waals surface area (Å²) in [5.41, 5.74) is 0.986. The molecule has 0 saturated heterocycles. The number of anilines is 1. The van der Waals surface area contributed by atoms with Crippen molar-refractivity contribution >= 4 is 11.5 Å². The van der Waals surface area contributed by atoms with Crippen molar-refractivity contribution in [3.63, 3.8) is 0 Å². The molecule has 0 aliphatic heterocycles. The lowest BCUT2D eigenvalue weighted by atomic mass is 10.2. The first kappa shape index (κ1) is 16.0. The highest BCUT2D eigenvalue weighted by Crippen LogP contribution is 2.28. The van der Waals surface area contributed by atoms with Gasteiger partial charge in [-0.05, 0) is 29.8 Å². The Morgan fingerprint density at radius 1 is 1.17 bits per heavy atom. The molecule has 0 radical (unpaired) electrons. The summed E-state index contributed by atoms with van der Waals surface area (Å²) < 4.78 is 44.6. The van der Waals surface area contributed by atoms with E-state index in [1.54, 1.807) is 25.1 Å². The molecule has 2 heterocycles. The molecule has 6 nitrogen and oxygen atoms in total. The van der Waals surface area contributed by atoms with Crippen molar-refractivity contribution in [2.45, 2.75) is 12.7 Å². The fourth-order valence-electron chi connectivity index (χ4n) is 2.29. The fraction of sp³-hybridized carbons (Fsp3) is 0.267. The largest absolute Gasteiger partial charge is 0.497 e. The average Bonchev–Trinajstić information content (AvgIpc) is 2.98. The third-order valence-electron chi connectivity index (χ3n) is 3.45. The third kappa shape index (κ3) is 3.10. The molecule has 0 bridgehead atoms. The average molecular weight is 337 g/mol. The lowest BCUT2D eigenvalue weighted by Crippen LogP contribution is -2.20. The highest BCUT2D eigenvalue weighted by molar-refractivity contribution is 5.46. The molecule has 0 aliphatic carbocycles. The van der Waals surface area contributed by atoms with Crippen molar-refractivity contribution in [2.75, 3.05) is 19.1 Å². The molecule has 0 atom stereocenters. The summed E-state index contributed by atoms with van der Waals surface area (Å²) in [6.45, 7) is 0.458. The molecule has 2 aromatic heterocycles. The SMILES string of the molecule is COc1cccc(CN(C)c2ccc3nnc(C(F)(F)F)n3n2)c1. The number of aromatic nitrogens is 4. The topological polar surface area (TPSA) is 55.5 Å². The van der Waals surface area contributed by atoms with E-state index < -0.39 is 12.0 Å². The normalized spacial score (nSPS) is 11.7. The fourth-order valence-corrected chi connectivity index (χ4v) is 2.29. The van der Waals surface area contributed by atoms with E-state index in [4.69, 9.17) is 4.74 Å². The molecule has 0 spiro atoms. The van der Waals surface area contributed by atoms with Crippen LogP contribution in [0.1, 0.15) is 11.4 Å². The predicted molar refractivity (Wildman–Crippen MR) is 80.9 cm³/mol. The molecule has 9 heteroatoms. The molecular formula is C15H14F3N5O. The van der Waals surface area contributed by atoms with Crippen LogP contribution in [0.2, 0.25) is 0 Å². The number of hydrogen-bond acceptors (Lipinski definition) is 5. The number of ether oxygens (including phenoxy) is 1. The van der Waals surface area contributed by atoms with Crippen molar-refractivity contribution in [1.29, 1.82) is 0 Å². The van der Waals surface area contributed by atoms with Crippen molar-refractivity contribution in [3.8, 4) is 5.75 Å². The van der Waals surface area contributed by atoms with Gasteiger partial charge in [-0.3, -0.25) is 0 Å². The second-order valence-electron chi connectivity index (χ2n) is 5.19. The van der Waals surface area contributed by atoms with Crippen molar-refractivity contribution in [2.24, 2.45) is 0 Å². The Kier molecular flexibility index (Phi) is 4.00. The zero-order valence-corrected chi connectivity index (χ0v) is 12.9. The number of methoxy groups -OCH3 is 1. The zero-order valence-electron chi connectivity index (χ0n) is 12.9. The van der Waals surface area contributed by atoms with E-state index in [-0.39, 0.29) is 5.65 Å². The maximum Gasteiger partial charge on any atom is 0.453 e. The summed E-state index contributed by atoms with van der Waals surface area (Å²) in [6.07, 6.45) is -4.61. The quantitative estimate of drug-likeness (QED) is 0.733. The van der Waals surface area contributed by atoms with Gasteiger partial charge in [0.2, 0.25) is 0 Å². The van der Waals surface area contributed by atoms with Gasteiger partial charge in [-0.1, -0.05) is 12.1 Å². The van der Waals surface area contributed by atoms with Gasteiger partial charge in [0.25, 0.3) is 5.82 Å². The summed E-state index contributed by atoms with van der Waals surface area (Å²) in [7, 11) is 3.31. The maximum atomic E-state index is 12.9. The van der Waals surface area contributed by atoms with Gasteiger partial charge in [-0.25, -0.2) is 0 Å². The molecule has 3 rings (SSSR count). The van der Waals surface area contributed by atoms with Crippen LogP contribution in [-0.4, -0.2) is 34.0 Å². The smallest absolute Gasteiger partial charge is 0.453 e. The second-order valence-corrected chi connectivity index (χ2v) is 5.19. The maximum absolute atomic E-state index is 12.9. The Morgan fingerprint density at radius 3 is 2.67 bits per heavy atom. The minimum atomic E-state index is -4.61. The minimum Gasteiger partial charge on any atom is -0.497 e. The summed E-state index contributed by atoms with van der Waals surface area (Å²) >= 11 is 0. The van der Waals surface area contributed by atoms with E-state index in [0.29, 0.717) is 22.6 Å². The number of benzene rings is 1. The molecule has 126 valence electrons. The van der Waals surface area contributed by atoms with E-state index >= 15 is 0 Å². The summed E-state index contributed by atoms with van der Waals surface area (Å²) in [4.78, 5) is 1.73. The molecule has 0 unspecified atom stereocenters. The van der Waals surface area contributed by atoms with E-state index in [2.05, 4.69) is 15.3 Å². The van der Waals surface area contributed by atoms with Crippen LogP contribution in [0.4, 0.5) is 19.0 Å². The molecule has 0 amide bonds. The highest BCUT2D eigenvalue weighted by atomic mass is 19.4. The first-order chi connectivity index (χ1) is 11.4. The van der Waals surface area contributed by atoms with Gasteiger partial charge in [0.05, 0.1) is 7.11 Å². The van der Waals surface area contributed by atoms with Crippen LogP contribution in [0.25, 0.3) is 5.65 Å². The second kappa shape index (κ2) is 5.99. The number of hydrogen-bond donors (Lipinski definition) is 0. The van der Waals surface area contributed by atoms with Crippen LogP contribution in [0.15, 0.2) is 36.4 Å². The van der Waals surface area contributed by atoms with Crippen molar-refractivity contribution < 1.29 is 17.9 Å². The van der Waals surface area contributed by atoms with E-state index in [0.717, 1.165) is 5.56 Å². The Labute approximate surface area is 135 Å². The Balaban J connectivity index is 1.90. The standard InChI is InChI=1S/C15H14F3N5O/c1-22(9-10-4-3-5-11(8-10)24-2)13-7-6-12-19-20-14(15(16,17)18)23(12)21-13/h3-8H,9H2,1-2H3. The molecular weight excluding hydrogens is 323 g/mol. The van der Waals surface area contributed by atoms with Gasteiger partial charge in [0.1, 0.15) is 11.6 Å². The van der Waals surface area contributed by atoms with E-state index in [1.807, 2.05) is 24.3 Å². The molecule has 3 aromatic rings. The first-order valence-corrected chi connectivity index (χ1v) is 7.02. The van der Waals surface area contributed by atoms with Gasteiger partial charge < -0.3 is 9.64 Å². The van der Waals surface area contributed by atoms with Crippen LogP contribution in [-0.2, 0) is 12.7 Å². The van der Waals surface area contributed by atoms with Gasteiger partial charge in [0.15, 0.2) is 5.65 Å². The number of rotatable bonds is 4.